The summed E-state index contributed by atoms with van der Waals surface area (Å²) in [5.74, 6) is 0. The van der Waals surface area contributed by atoms with Gasteiger partial charge in [0.25, 0.3) is 0 Å². The Labute approximate surface area is 93.7 Å². The van der Waals surface area contributed by atoms with E-state index in [2.05, 4.69) is 24.3 Å². The van der Waals surface area contributed by atoms with Gasteiger partial charge in [0.05, 0.1) is 6.54 Å². The Bertz CT molecular complexity index is 526. The predicted molar refractivity (Wildman–Crippen MR) is 62.6 cm³/mol. The molecule has 0 unspecified atom stereocenters. The van der Waals surface area contributed by atoms with Crippen molar-refractivity contribution < 1.29 is 0 Å². The lowest BCUT2D eigenvalue weighted by molar-refractivity contribution is 0.506. The van der Waals surface area contributed by atoms with E-state index < -0.39 is 0 Å². The number of hydrogen-bond acceptors (Lipinski definition) is 3. The summed E-state index contributed by atoms with van der Waals surface area (Å²) in [6.45, 7) is 5.50. The van der Waals surface area contributed by atoms with Crippen LogP contribution >= 0.6 is 0 Å². The van der Waals surface area contributed by atoms with Crippen molar-refractivity contribution in [1.29, 1.82) is 0 Å². The summed E-state index contributed by atoms with van der Waals surface area (Å²) in [7, 11) is 0. The highest BCUT2D eigenvalue weighted by molar-refractivity contribution is 5.35. The maximum atomic E-state index is 11.8. The lowest BCUT2D eigenvalue weighted by Crippen LogP contribution is -2.30. The summed E-state index contributed by atoms with van der Waals surface area (Å²) in [6, 6.07) is 5.95. The molecule has 2 rings (SSSR count). The highest BCUT2D eigenvalue weighted by atomic mass is 16.2. The van der Waals surface area contributed by atoms with Gasteiger partial charge in [-0.05, 0) is 12.1 Å². The molecule has 0 aliphatic rings. The van der Waals surface area contributed by atoms with Crippen molar-refractivity contribution in [2.24, 2.45) is 0 Å². The van der Waals surface area contributed by atoms with Crippen LogP contribution < -0.4 is 11.0 Å². The third kappa shape index (κ3) is 2.14. The molecule has 0 saturated heterocycles. The molecule has 1 N–H and O–H groups in total. The van der Waals surface area contributed by atoms with E-state index in [4.69, 9.17) is 0 Å². The van der Waals surface area contributed by atoms with E-state index in [0.29, 0.717) is 18.2 Å². The molecule has 0 saturated carbocycles. The van der Waals surface area contributed by atoms with E-state index >= 15 is 0 Å². The van der Waals surface area contributed by atoms with Crippen LogP contribution in [0.25, 0.3) is 5.65 Å². The Kier molecular flexibility index (Phi) is 3.05. The molecule has 0 atom stereocenters. The van der Waals surface area contributed by atoms with Gasteiger partial charge in [-0.15, -0.1) is 5.10 Å². The van der Waals surface area contributed by atoms with Gasteiger partial charge in [0, 0.05) is 18.8 Å². The maximum Gasteiger partial charge on any atom is 0.350 e. The summed E-state index contributed by atoms with van der Waals surface area (Å²) in [6.07, 6.45) is 1.73. The summed E-state index contributed by atoms with van der Waals surface area (Å²) in [5.41, 5.74) is 0.609. The first-order valence-electron chi connectivity index (χ1n) is 5.46. The molecule has 0 amide bonds. The van der Waals surface area contributed by atoms with E-state index in [1.165, 1.54) is 4.68 Å². The Hall–Kier alpha value is -1.62. The summed E-state index contributed by atoms with van der Waals surface area (Å²) in [4.78, 5) is 11.8. The number of hydrogen-bond donors (Lipinski definition) is 1. The minimum absolute atomic E-state index is 0.0823. The topological polar surface area (TPSA) is 51.3 Å². The minimum Gasteiger partial charge on any atom is -0.313 e. The van der Waals surface area contributed by atoms with Crippen molar-refractivity contribution >= 4 is 5.65 Å². The third-order valence-electron chi connectivity index (χ3n) is 2.36. The molecule has 2 aromatic rings. The molecular weight excluding hydrogens is 204 g/mol. The number of nitrogens with one attached hydrogen (secondary N) is 1. The second-order valence-corrected chi connectivity index (χ2v) is 4.04. The van der Waals surface area contributed by atoms with E-state index in [9.17, 15) is 4.79 Å². The van der Waals surface area contributed by atoms with Crippen LogP contribution in [0.3, 0.4) is 0 Å². The lowest BCUT2D eigenvalue weighted by atomic mass is 10.4. The molecule has 0 aliphatic carbocycles. The molecule has 0 spiro atoms. The van der Waals surface area contributed by atoms with Crippen molar-refractivity contribution in [1.82, 2.24) is 19.5 Å². The van der Waals surface area contributed by atoms with Crippen molar-refractivity contribution in [3.8, 4) is 0 Å². The van der Waals surface area contributed by atoms with Crippen molar-refractivity contribution in [2.45, 2.75) is 26.4 Å². The molecule has 5 heteroatoms. The van der Waals surface area contributed by atoms with Crippen molar-refractivity contribution in [3.05, 3.63) is 34.9 Å². The summed E-state index contributed by atoms with van der Waals surface area (Å²) in [5, 5.41) is 7.49. The normalized spacial score (nSPS) is 11.4. The average molecular weight is 220 g/mol. The second-order valence-electron chi connectivity index (χ2n) is 4.04. The monoisotopic (exact) mass is 220 g/mol. The third-order valence-corrected chi connectivity index (χ3v) is 2.36. The number of pyridine rings is 1. The van der Waals surface area contributed by atoms with Gasteiger partial charge in [-0.25, -0.2) is 9.48 Å². The second kappa shape index (κ2) is 4.49. The number of rotatable bonds is 4. The molecule has 5 nitrogen and oxygen atoms in total. The SMILES string of the molecule is CC(C)NCCn1nc2ccccn2c1=O. The lowest BCUT2D eigenvalue weighted by Gasteiger charge is -2.06. The summed E-state index contributed by atoms with van der Waals surface area (Å²) < 4.78 is 3.04. The zero-order valence-corrected chi connectivity index (χ0v) is 9.55. The predicted octanol–water partition coefficient (Wildman–Crippen LogP) is 0.494. The molecule has 0 fully saturated rings. The van der Waals surface area contributed by atoms with E-state index in [1.807, 2.05) is 18.2 Å². The fourth-order valence-corrected chi connectivity index (χ4v) is 1.57. The molecule has 0 aliphatic heterocycles. The largest absolute Gasteiger partial charge is 0.350 e. The van der Waals surface area contributed by atoms with E-state index in [-0.39, 0.29) is 5.69 Å². The van der Waals surface area contributed by atoms with Crippen LogP contribution in [0.15, 0.2) is 29.2 Å². The van der Waals surface area contributed by atoms with Gasteiger partial charge in [-0.2, -0.15) is 0 Å². The smallest absolute Gasteiger partial charge is 0.313 e. The van der Waals surface area contributed by atoms with Crippen LogP contribution in [0, 0.1) is 0 Å². The highest BCUT2D eigenvalue weighted by Gasteiger charge is 2.04. The van der Waals surface area contributed by atoms with E-state index in [0.717, 1.165) is 6.54 Å². The molecule has 86 valence electrons. The Morgan fingerprint density at radius 2 is 2.25 bits per heavy atom. The zero-order valence-electron chi connectivity index (χ0n) is 9.55. The fourth-order valence-electron chi connectivity index (χ4n) is 1.57. The Morgan fingerprint density at radius 1 is 1.44 bits per heavy atom. The number of aromatic nitrogens is 3. The molecule has 2 aromatic heterocycles. The molecule has 2 heterocycles. The molecule has 16 heavy (non-hydrogen) atoms. The average Bonchev–Trinajstić information content (AvgIpc) is 2.56. The first kappa shape index (κ1) is 10.9. The Morgan fingerprint density at radius 3 is 2.94 bits per heavy atom. The van der Waals surface area contributed by atoms with Crippen LogP contribution in [0.2, 0.25) is 0 Å². The van der Waals surface area contributed by atoms with Crippen LogP contribution in [0.4, 0.5) is 0 Å². The van der Waals surface area contributed by atoms with Gasteiger partial charge in [0.2, 0.25) is 0 Å². The summed E-state index contributed by atoms with van der Waals surface area (Å²) >= 11 is 0. The molecule has 0 aromatic carbocycles. The highest BCUT2D eigenvalue weighted by Crippen LogP contribution is 1.94. The molecular formula is C11H16N4O. The zero-order chi connectivity index (χ0) is 11.5. The van der Waals surface area contributed by atoms with Crippen molar-refractivity contribution in [2.75, 3.05) is 6.54 Å². The quantitative estimate of drug-likeness (QED) is 0.816. The van der Waals surface area contributed by atoms with Crippen LogP contribution in [0.5, 0.6) is 0 Å². The van der Waals surface area contributed by atoms with Gasteiger partial charge in [0.15, 0.2) is 5.65 Å². The Balaban J connectivity index is 2.19. The molecule has 0 radical (unpaired) electrons. The van der Waals surface area contributed by atoms with Crippen LogP contribution in [0.1, 0.15) is 13.8 Å². The number of fused-ring (bicyclic) bond motifs is 1. The van der Waals surface area contributed by atoms with Crippen LogP contribution in [-0.4, -0.2) is 26.8 Å². The van der Waals surface area contributed by atoms with Gasteiger partial charge in [0.1, 0.15) is 0 Å². The fraction of sp³-hybridized carbons (Fsp3) is 0.455. The first-order chi connectivity index (χ1) is 7.68. The van der Waals surface area contributed by atoms with Crippen LogP contribution in [-0.2, 0) is 6.54 Å². The van der Waals surface area contributed by atoms with Gasteiger partial charge in [-0.1, -0.05) is 19.9 Å². The van der Waals surface area contributed by atoms with Crippen molar-refractivity contribution in [3.63, 3.8) is 0 Å². The molecule has 0 bridgehead atoms. The maximum absolute atomic E-state index is 11.8. The minimum atomic E-state index is -0.0823. The standard InChI is InChI=1S/C11H16N4O/c1-9(2)12-6-8-15-11(16)14-7-4-3-5-10(14)13-15/h3-5,7,9,12H,6,8H2,1-2H3. The van der Waals surface area contributed by atoms with Gasteiger partial charge >= 0.3 is 5.69 Å². The first-order valence-corrected chi connectivity index (χ1v) is 5.46. The van der Waals surface area contributed by atoms with Gasteiger partial charge in [-0.3, -0.25) is 4.40 Å². The van der Waals surface area contributed by atoms with Gasteiger partial charge < -0.3 is 5.32 Å². The number of nitrogens with zero attached hydrogens (tertiary/aromatic N) is 3. The van der Waals surface area contributed by atoms with E-state index in [1.54, 1.807) is 10.6 Å².